The molecule has 0 radical (unpaired) electrons. The lowest BCUT2D eigenvalue weighted by atomic mass is 9.93. The van der Waals surface area contributed by atoms with Crippen molar-refractivity contribution in [2.75, 3.05) is 31.1 Å². The van der Waals surface area contributed by atoms with Gasteiger partial charge in [-0.25, -0.2) is 4.98 Å². The molecular formula is C20H24BrN3O. The summed E-state index contributed by atoms with van der Waals surface area (Å²) in [6, 6.07) is 10.4. The molecule has 4 rings (SSSR count). The molecule has 1 aromatic carbocycles. The number of pyridine rings is 1. The van der Waals surface area contributed by atoms with Gasteiger partial charge in [0, 0.05) is 42.5 Å². The Morgan fingerprint density at radius 3 is 2.60 bits per heavy atom. The van der Waals surface area contributed by atoms with Crippen molar-refractivity contribution < 1.29 is 4.79 Å². The first-order valence-electron chi connectivity index (χ1n) is 9.29. The van der Waals surface area contributed by atoms with Crippen LogP contribution in [0.5, 0.6) is 0 Å². The van der Waals surface area contributed by atoms with Crippen molar-refractivity contribution >= 4 is 38.6 Å². The highest BCUT2D eigenvalue weighted by Gasteiger charge is 2.25. The quantitative estimate of drug-likeness (QED) is 0.771. The SMILES string of the molecule is O=C(CC1CCN(c2ccc3cccc(Br)c3n2)CC1)N1CCCC1. The van der Waals surface area contributed by atoms with E-state index in [2.05, 4.69) is 43.9 Å². The summed E-state index contributed by atoms with van der Waals surface area (Å²) in [6.45, 7) is 3.91. The average molecular weight is 402 g/mol. The van der Waals surface area contributed by atoms with Gasteiger partial charge in [0.15, 0.2) is 0 Å². The minimum atomic E-state index is 0.365. The number of benzene rings is 1. The van der Waals surface area contributed by atoms with Gasteiger partial charge in [0.2, 0.25) is 5.91 Å². The summed E-state index contributed by atoms with van der Waals surface area (Å²) >= 11 is 3.60. The summed E-state index contributed by atoms with van der Waals surface area (Å²) in [7, 11) is 0. The summed E-state index contributed by atoms with van der Waals surface area (Å²) in [5.74, 6) is 1.93. The molecule has 2 saturated heterocycles. The number of piperidine rings is 1. The summed E-state index contributed by atoms with van der Waals surface area (Å²) in [6.07, 6.45) is 5.23. The summed E-state index contributed by atoms with van der Waals surface area (Å²) in [5, 5.41) is 1.16. The van der Waals surface area contributed by atoms with E-state index in [0.717, 1.165) is 66.6 Å². The van der Waals surface area contributed by atoms with Crippen LogP contribution < -0.4 is 4.90 Å². The molecule has 5 heteroatoms. The number of hydrogen-bond donors (Lipinski definition) is 0. The molecule has 0 atom stereocenters. The molecule has 0 bridgehead atoms. The van der Waals surface area contributed by atoms with Crippen molar-refractivity contribution in [3.63, 3.8) is 0 Å². The third-order valence-corrected chi connectivity index (χ3v) is 6.16. The van der Waals surface area contributed by atoms with E-state index in [1.807, 2.05) is 12.1 Å². The highest BCUT2D eigenvalue weighted by atomic mass is 79.9. The van der Waals surface area contributed by atoms with Crippen molar-refractivity contribution in [1.82, 2.24) is 9.88 Å². The van der Waals surface area contributed by atoms with Gasteiger partial charge in [0.25, 0.3) is 0 Å². The number of anilines is 1. The highest BCUT2D eigenvalue weighted by Crippen LogP contribution is 2.28. The van der Waals surface area contributed by atoms with E-state index in [1.165, 1.54) is 12.8 Å². The first-order valence-corrected chi connectivity index (χ1v) is 10.1. The number of carbonyl (C=O) groups excluding carboxylic acids is 1. The van der Waals surface area contributed by atoms with E-state index in [1.54, 1.807) is 0 Å². The smallest absolute Gasteiger partial charge is 0.222 e. The van der Waals surface area contributed by atoms with Gasteiger partial charge in [0.1, 0.15) is 5.82 Å². The lowest BCUT2D eigenvalue weighted by Gasteiger charge is -2.33. The van der Waals surface area contributed by atoms with Gasteiger partial charge >= 0.3 is 0 Å². The zero-order valence-corrected chi connectivity index (χ0v) is 16.0. The predicted octanol–water partition coefficient (Wildman–Crippen LogP) is 4.23. The van der Waals surface area contributed by atoms with Crippen LogP contribution in [0.3, 0.4) is 0 Å². The number of fused-ring (bicyclic) bond motifs is 1. The fourth-order valence-corrected chi connectivity index (χ4v) is 4.46. The van der Waals surface area contributed by atoms with Crippen molar-refractivity contribution in [3.05, 3.63) is 34.8 Å². The molecule has 0 saturated carbocycles. The maximum atomic E-state index is 12.3. The minimum Gasteiger partial charge on any atom is -0.357 e. The first kappa shape index (κ1) is 16.8. The Kier molecular flexibility index (Phi) is 4.93. The molecule has 0 spiro atoms. The molecule has 2 fully saturated rings. The van der Waals surface area contributed by atoms with Crippen LogP contribution in [-0.2, 0) is 4.79 Å². The number of amides is 1. The largest absolute Gasteiger partial charge is 0.357 e. The Labute approximate surface area is 157 Å². The highest BCUT2D eigenvalue weighted by molar-refractivity contribution is 9.10. The fraction of sp³-hybridized carbons (Fsp3) is 0.500. The van der Waals surface area contributed by atoms with Crippen molar-refractivity contribution in [2.45, 2.75) is 32.1 Å². The normalized spacial score (nSPS) is 18.9. The fourth-order valence-electron chi connectivity index (χ4n) is 3.99. The molecule has 2 aliphatic rings. The number of nitrogens with zero attached hydrogens (tertiary/aromatic N) is 3. The molecule has 2 aromatic rings. The number of halogens is 1. The lowest BCUT2D eigenvalue weighted by molar-refractivity contribution is -0.131. The molecule has 0 aliphatic carbocycles. The van der Waals surface area contributed by atoms with E-state index in [9.17, 15) is 4.79 Å². The number of carbonyl (C=O) groups is 1. The number of hydrogen-bond acceptors (Lipinski definition) is 3. The molecule has 132 valence electrons. The standard InChI is InChI=1S/C20H24BrN3O/c21-17-5-3-4-16-6-7-18(22-20(16)17)23-12-8-15(9-13-23)14-19(25)24-10-1-2-11-24/h3-7,15H,1-2,8-14H2. The first-order chi connectivity index (χ1) is 12.2. The number of aromatic nitrogens is 1. The van der Waals surface area contributed by atoms with Gasteiger partial charge < -0.3 is 9.80 Å². The molecule has 1 amide bonds. The van der Waals surface area contributed by atoms with E-state index >= 15 is 0 Å². The molecule has 1 aromatic heterocycles. The second kappa shape index (κ2) is 7.32. The van der Waals surface area contributed by atoms with E-state index in [-0.39, 0.29) is 0 Å². The minimum absolute atomic E-state index is 0.365. The third kappa shape index (κ3) is 3.66. The van der Waals surface area contributed by atoms with Gasteiger partial charge in [-0.3, -0.25) is 4.79 Å². The molecule has 0 N–H and O–H groups in total. The Balaban J connectivity index is 1.38. The van der Waals surface area contributed by atoms with Crippen molar-refractivity contribution in [2.24, 2.45) is 5.92 Å². The number of rotatable bonds is 3. The monoisotopic (exact) mass is 401 g/mol. The van der Waals surface area contributed by atoms with Crippen LogP contribution >= 0.6 is 15.9 Å². The van der Waals surface area contributed by atoms with Crippen LogP contribution in [0.1, 0.15) is 32.1 Å². The number of likely N-dealkylation sites (tertiary alicyclic amines) is 1. The van der Waals surface area contributed by atoms with Crippen LogP contribution in [0.2, 0.25) is 0 Å². The van der Waals surface area contributed by atoms with Crippen molar-refractivity contribution in [3.8, 4) is 0 Å². The van der Waals surface area contributed by atoms with Crippen LogP contribution in [0, 0.1) is 5.92 Å². The van der Waals surface area contributed by atoms with Crippen LogP contribution in [0.4, 0.5) is 5.82 Å². The van der Waals surface area contributed by atoms with Crippen LogP contribution in [-0.4, -0.2) is 42.0 Å². The maximum absolute atomic E-state index is 12.3. The number of para-hydroxylation sites is 1. The van der Waals surface area contributed by atoms with Crippen molar-refractivity contribution in [1.29, 1.82) is 0 Å². The summed E-state index contributed by atoms with van der Waals surface area (Å²) in [5.41, 5.74) is 1.02. The van der Waals surface area contributed by atoms with E-state index in [0.29, 0.717) is 11.8 Å². The van der Waals surface area contributed by atoms with Gasteiger partial charge in [-0.1, -0.05) is 12.1 Å². The van der Waals surface area contributed by atoms with Crippen LogP contribution in [0.15, 0.2) is 34.8 Å². The Hall–Kier alpha value is -1.62. The zero-order chi connectivity index (χ0) is 17.2. The Morgan fingerprint density at radius 1 is 1.08 bits per heavy atom. The third-order valence-electron chi connectivity index (χ3n) is 5.52. The lowest BCUT2D eigenvalue weighted by Crippen LogP contribution is -2.37. The Bertz CT molecular complexity index is 765. The summed E-state index contributed by atoms with van der Waals surface area (Å²) < 4.78 is 1.04. The predicted molar refractivity (Wildman–Crippen MR) is 105 cm³/mol. The molecule has 4 nitrogen and oxygen atoms in total. The topological polar surface area (TPSA) is 36.4 Å². The molecule has 2 aliphatic heterocycles. The molecule has 3 heterocycles. The van der Waals surface area contributed by atoms with Gasteiger partial charge in [-0.15, -0.1) is 0 Å². The molecular weight excluding hydrogens is 378 g/mol. The van der Waals surface area contributed by atoms with Crippen LogP contribution in [0.25, 0.3) is 10.9 Å². The van der Waals surface area contributed by atoms with Gasteiger partial charge in [-0.2, -0.15) is 0 Å². The average Bonchev–Trinajstić information content (AvgIpc) is 3.17. The zero-order valence-electron chi connectivity index (χ0n) is 14.5. The molecule has 0 unspecified atom stereocenters. The van der Waals surface area contributed by atoms with E-state index in [4.69, 9.17) is 4.98 Å². The molecule has 25 heavy (non-hydrogen) atoms. The van der Waals surface area contributed by atoms with Gasteiger partial charge in [0.05, 0.1) is 5.52 Å². The Morgan fingerprint density at radius 2 is 1.84 bits per heavy atom. The second-order valence-electron chi connectivity index (χ2n) is 7.20. The van der Waals surface area contributed by atoms with E-state index < -0.39 is 0 Å². The second-order valence-corrected chi connectivity index (χ2v) is 8.06. The van der Waals surface area contributed by atoms with Gasteiger partial charge in [-0.05, 0) is 65.7 Å². The summed E-state index contributed by atoms with van der Waals surface area (Å²) in [4.78, 5) is 21.6. The maximum Gasteiger partial charge on any atom is 0.222 e.